The minimum Gasteiger partial charge on any atom is -0.342 e. The zero-order chi connectivity index (χ0) is 12.9. The van der Waals surface area contributed by atoms with Crippen LogP contribution in [0.15, 0.2) is 18.2 Å². The maximum atomic E-state index is 6.07. The van der Waals surface area contributed by atoms with E-state index < -0.39 is 5.79 Å². The average molecular weight is 298 g/mol. The Labute approximate surface area is 117 Å². The van der Waals surface area contributed by atoms with Crippen molar-refractivity contribution in [2.45, 2.75) is 19.6 Å². The van der Waals surface area contributed by atoms with E-state index in [1.165, 1.54) is 0 Å². The summed E-state index contributed by atoms with van der Waals surface area (Å²) in [5.74, 6) is -0.711. The lowest BCUT2D eigenvalue weighted by molar-refractivity contribution is -0.146. The molecule has 1 aliphatic heterocycles. The largest absolute Gasteiger partial charge is 0.342 e. The minimum atomic E-state index is -0.913. The van der Waals surface area contributed by atoms with Gasteiger partial charge >= 0.3 is 0 Å². The average Bonchev–Trinajstić information content (AvgIpc) is 2.81. The fourth-order valence-electron chi connectivity index (χ4n) is 1.56. The summed E-state index contributed by atoms with van der Waals surface area (Å²) in [4.78, 5) is 0. The highest BCUT2D eigenvalue weighted by Gasteiger charge is 2.39. The maximum absolute atomic E-state index is 6.07. The van der Waals surface area contributed by atoms with Crippen molar-refractivity contribution in [2.24, 2.45) is 0 Å². The van der Waals surface area contributed by atoms with Crippen molar-refractivity contribution < 1.29 is 9.47 Å². The fraction of sp³-hybridized carbons (Fsp3) is 0.500. The van der Waals surface area contributed by atoms with Gasteiger partial charge in [0.25, 0.3) is 0 Å². The first-order valence-electron chi connectivity index (χ1n) is 5.47. The van der Waals surface area contributed by atoms with Gasteiger partial charge in [-0.1, -0.05) is 43.1 Å². The summed E-state index contributed by atoms with van der Waals surface area (Å²) in [5.41, 5.74) is 0.723. The molecule has 0 saturated carbocycles. The lowest BCUT2D eigenvalue weighted by Crippen LogP contribution is -2.29. The van der Waals surface area contributed by atoms with Gasteiger partial charge in [0.2, 0.25) is 5.79 Å². The van der Waals surface area contributed by atoms with Gasteiger partial charge in [0, 0.05) is 10.6 Å². The molecule has 1 aromatic carbocycles. The minimum absolute atomic E-state index is 0.203. The zero-order valence-electron chi connectivity index (χ0n) is 9.80. The quantitative estimate of drug-likeness (QED) is 0.750. The van der Waals surface area contributed by atoms with Gasteiger partial charge in [-0.3, -0.25) is 0 Å². The van der Waals surface area contributed by atoms with Gasteiger partial charge in [0.15, 0.2) is 0 Å². The third kappa shape index (κ3) is 3.27. The van der Waals surface area contributed by atoms with Crippen LogP contribution < -0.4 is 0 Å². The van der Waals surface area contributed by atoms with Crippen molar-refractivity contribution in [1.29, 1.82) is 0 Å². The molecule has 0 spiro atoms. The van der Waals surface area contributed by atoms with Gasteiger partial charge in [-0.25, -0.2) is 0 Å². The third-order valence-corrected chi connectivity index (χ3v) is 3.17. The topological polar surface area (TPSA) is 18.5 Å². The normalized spacial score (nSPS) is 17.5. The molecule has 1 saturated heterocycles. The standard InChI is InChI=1S/C10H9Cl3O2.C2H6/c11-6-10(14-3-4-15-10)8-2-1-7(12)5-9(8)13;1-2/h1-2,5H,3-4,6H2;1-2H3. The first kappa shape index (κ1) is 15.1. The number of rotatable bonds is 2. The van der Waals surface area contributed by atoms with Crippen molar-refractivity contribution in [3.8, 4) is 0 Å². The van der Waals surface area contributed by atoms with Crippen LogP contribution in [-0.2, 0) is 15.3 Å². The molecule has 5 heteroatoms. The Balaban J connectivity index is 0.000000686. The Bertz CT molecular complexity index is 363. The summed E-state index contributed by atoms with van der Waals surface area (Å²) in [7, 11) is 0. The van der Waals surface area contributed by atoms with Crippen LogP contribution in [0.4, 0.5) is 0 Å². The van der Waals surface area contributed by atoms with E-state index in [1.54, 1.807) is 18.2 Å². The first-order chi connectivity index (χ1) is 8.18. The Morgan fingerprint density at radius 3 is 2.24 bits per heavy atom. The van der Waals surface area contributed by atoms with Crippen LogP contribution >= 0.6 is 34.8 Å². The summed E-state index contributed by atoms with van der Waals surface area (Å²) < 4.78 is 11.0. The highest BCUT2D eigenvalue weighted by Crippen LogP contribution is 2.37. The van der Waals surface area contributed by atoms with Crippen LogP contribution in [0.25, 0.3) is 0 Å². The molecule has 2 rings (SSSR count). The molecule has 0 atom stereocenters. The molecule has 2 nitrogen and oxygen atoms in total. The van der Waals surface area contributed by atoms with Crippen LogP contribution in [0.1, 0.15) is 19.4 Å². The molecule has 1 aromatic rings. The van der Waals surface area contributed by atoms with Crippen molar-refractivity contribution in [3.05, 3.63) is 33.8 Å². The van der Waals surface area contributed by atoms with Crippen molar-refractivity contribution >= 4 is 34.8 Å². The summed E-state index contributed by atoms with van der Waals surface area (Å²) in [6, 6.07) is 5.16. The Hall–Kier alpha value is 0.01000. The maximum Gasteiger partial charge on any atom is 0.210 e. The number of hydrogen-bond acceptors (Lipinski definition) is 2. The second-order valence-electron chi connectivity index (χ2n) is 3.21. The highest BCUT2D eigenvalue weighted by atomic mass is 35.5. The molecule has 0 radical (unpaired) electrons. The lowest BCUT2D eigenvalue weighted by Gasteiger charge is -2.26. The summed E-state index contributed by atoms with van der Waals surface area (Å²) in [5, 5.41) is 1.08. The molecule has 17 heavy (non-hydrogen) atoms. The number of ether oxygens (including phenoxy) is 2. The molecule has 0 amide bonds. The zero-order valence-corrected chi connectivity index (χ0v) is 12.1. The van der Waals surface area contributed by atoms with Gasteiger partial charge < -0.3 is 9.47 Å². The van der Waals surface area contributed by atoms with E-state index in [0.29, 0.717) is 23.3 Å². The molecular formula is C12H15Cl3O2. The van der Waals surface area contributed by atoms with Crippen molar-refractivity contribution in [1.82, 2.24) is 0 Å². The van der Waals surface area contributed by atoms with Gasteiger partial charge in [-0.15, -0.1) is 11.6 Å². The predicted octanol–water partition coefficient (Wildman–Crippen LogP) is 4.46. The summed E-state index contributed by atoms with van der Waals surface area (Å²) in [6.07, 6.45) is 0. The van der Waals surface area contributed by atoms with Crippen LogP contribution in [0.3, 0.4) is 0 Å². The van der Waals surface area contributed by atoms with E-state index in [4.69, 9.17) is 44.3 Å². The molecule has 0 aliphatic carbocycles. The van der Waals surface area contributed by atoms with Crippen LogP contribution in [0, 0.1) is 0 Å². The van der Waals surface area contributed by atoms with Gasteiger partial charge in [-0.05, 0) is 12.1 Å². The first-order valence-corrected chi connectivity index (χ1v) is 6.76. The van der Waals surface area contributed by atoms with E-state index in [9.17, 15) is 0 Å². The van der Waals surface area contributed by atoms with Gasteiger partial charge in [-0.2, -0.15) is 0 Å². The number of alkyl halides is 1. The van der Waals surface area contributed by atoms with Gasteiger partial charge in [0.05, 0.1) is 24.1 Å². The Morgan fingerprint density at radius 1 is 1.18 bits per heavy atom. The van der Waals surface area contributed by atoms with Gasteiger partial charge in [0.1, 0.15) is 0 Å². The smallest absolute Gasteiger partial charge is 0.210 e. The van der Waals surface area contributed by atoms with E-state index in [2.05, 4.69) is 0 Å². The van der Waals surface area contributed by atoms with Crippen LogP contribution in [-0.4, -0.2) is 19.1 Å². The fourth-order valence-corrected chi connectivity index (χ4v) is 2.41. The molecule has 1 fully saturated rings. The summed E-state index contributed by atoms with van der Waals surface area (Å²) in [6.45, 7) is 5.04. The molecule has 1 heterocycles. The number of hydrogen-bond donors (Lipinski definition) is 0. The van der Waals surface area contributed by atoms with Crippen LogP contribution in [0.5, 0.6) is 0 Å². The van der Waals surface area contributed by atoms with Crippen molar-refractivity contribution in [3.63, 3.8) is 0 Å². The molecule has 96 valence electrons. The van der Waals surface area contributed by atoms with Crippen LogP contribution in [0.2, 0.25) is 10.0 Å². The lowest BCUT2D eigenvalue weighted by atomic mass is 10.1. The number of halogens is 3. The van der Waals surface area contributed by atoms with E-state index >= 15 is 0 Å². The second kappa shape index (κ2) is 6.81. The van der Waals surface area contributed by atoms with E-state index in [1.807, 2.05) is 13.8 Å². The number of benzene rings is 1. The molecular weight excluding hydrogens is 282 g/mol. The molecule has 0 aromatic heterocycles. The Morgan fingerprint density at radius 2 is 1.76 bits per heavy atom. The molecule has 0 bridgehead atoms. The monoisotopic (exact) mass is 296 g/mol. The molecule has 1 aliphatic rings. The summed E-state index contributed by atoms with van der Waals surface area (Å²) >= 11 is 17.8. The highest BCUT2D eigenvalue weighted by molar-refractivity contribution is 6.35. The van der Waals surface area contributed by atoms with E-state index in [0.717, 1.165) is 5.56 Å². The second-order valence-corrected chi connectivity index (χ2v) is 4.32. The Kier molecular flexibility index (Phi) is 6.04. The molecule has 0 unspecified atom stereocenters. The van der Waals surface area contributed by atoms with Crippen molar-refractivity contribution in [2.75, 3.05) is 19.1 Å². The SMILES string of the molecule is CC.ClCC1(c2ccc(Cl)cc2Cl)OCCO1. The molecule has 0 N–H and O–H groups in total. The third-order valence-electron chi connectivity index (χ3n) is 2.27. The van der Waals surface area contributed by atoms with E-state index in [-0.39, 0.29) is 5.88 Å². The predicted molar refractivity (Wildman–Crippen MR) is 72.1 cm³/mol.